The fourth-order valence-electron chi connectivity index (χ4n) is 4.54. The lowest BCUT2D eigenvalue weighted by molar-refractivity contribution is -0.156. The van der Waals surface area contributed by atoms with Crippen LogP contribution in [0.1, 0.15) is 58.4 Å². The molecule has 1 aliphatic heterocycles. The largest absolute Gasteiger partial charge is 0.460 e. The van der Waals surface area contributed by atoms with Crippen molar-refractivity contribution in [3.8, 4) is 0 Å². The molecule has 17 heteroatoms. The van der Waals surface area contributed by atoms with Crippen LogP contribution in [0.2, 0.25) is 0 Å². The van der Waals surface area contributed by atoms with Gasteiger partial charge < -0.3 is 37.1 Å². The van der Waals surface area contributed by atoms with E-state index in [1.807, 2.05) is 0 Å². The molecular weight excluding hydrogens is 654 g/mol. The van der Waals surface area contributed by atoms with Crippen LogP contribution in [0.3, 0.4) is 0 Å². The first kappa shape index (κ1) is 40.6. The lowest BCUT2D eigenvalue weighted by atomic mass is 10.1. The highest BCUT2D eigenvalue weighted by atomic mass is 16.6. The quantitative estimate of drug-likeness (QED) is 0.0509. The number of nitrogens with two attached hydrogens (primary N) is 1. The minimum atomic E-state index is -1.38. The third-order valence-corrected chi connectivity index (χ3v) is 6.87. The van der Waals surface area contributed by atoms with E-state index in [2.05, 4.69) is 26.6 Å². The summed E-state index contributed by atoms with van der Waals surface area (Å²) in [5, 5.41) is 11.9. The van der Waals surface area contributed by atoms with Crippen LogP contribution in [0.25, 0.3) is 0 Å². The van der Waals surface area contributed by atoms with Gasteiger partial charge in [0.2, 0.25) is 35.4 Å². The number of imide groups is 1. The Hall–Kier alpha value is -5.61. The highest BCUT2D eigenvalue weighted by molar-refractivity contribution is 6.12. The van der Waals surface area contributed by atoms with Crippen LogP contribution in [0.15, 0.2) is 42.5 Å². The molecule has 0 bridgehead atoms. The summed E-state index contributed by atoms with van der Waals surface area (Å²) in [6.07, 6.45) is 3.28. The number of amides is 8. The van der Waals surface area contributed by atoms with E-state index in [0.717, 1.165) is 10.5 Å². The van der Waals surface area contributed by atoms with Crippen molar-refractivity contribution in [2.24, 2.45) is 5.73 Å². The Kier molecular flexibility index (Phi) is 16.3. The molecule has 50 heavy (non-hydrogen) atoms. The number of hydrogen-bond acceptors (Lipinski definition) is 10. The molecule has 0 saturated heterocycles. The standard InChI is InChI=1S/C33H45N7O10/c1-33(2,3)50-30(47)17-23(38-25(42)12-8-5-9-15-40-28(45)13-14-29(40)46)32(49)37-19-26(43)35-20-27(44)39-22(31(48)36-18-24(34)41)16-21-10-6-4-7-11-21/h4,6-7,10-11,13-14,22-23H,5,8-9,12,15-20H2,1-3H3,(H2,34,41)(H,35,43)(H,36,48)(H,37,49)(H,38,42)(H,39,44)/t22-,23+/m0/s1. The van der Waals surface area contributed by atoms with E-state index in [1.165, 1.54) is 12.2 Å². The number of hydrogen-bond donors (Lipinski definition) is 6. The molecule has 2 rings (SSSR count). The van der Waals surface area contributed by atoms with Crippen molar-refractivity contribution in [2.45, 2.75) is 77.0 Å². The Morgan fingerprint density at radius 1 is 0.740 bits per heavy atom. The Labute approximate surface area is 289 Å². The Balaban J connectivity index is 1.88. The lowest BCUT2D eigenvalue weighted by Gasteiger charge is -2.22. The van der Waals surface area contributed by atoms with Gasteiger partial charge in [0.25, 0.3) is 11.8 Å². The zero-order chi connectivity index (χ0) is 37.3. The van der Waals surface area contributed by atoms with Gasteiger partial charge in [0.1, 0.15) is 17.7 Å². The fourth-order valence-corrected chi connectivity index (χ4v) is 4.54. The molecule has 0 saturated carbocycles. The monoisotopic (exact) mass is 699 g/mol. The minimum Gasteiger partial charge on any atom is -0.460 e. The molecule has 1 aliphatic rings. The number of carbonyl (C=O) groups excluding carboxylic acids is 9. The van der Waals surface area contributed by atoms with Crippen LogP contribution in [0.4, 0.5) is 0 Å². The first-order valence-corrected chi connectivity index (χ1v) is 16.0. The van der Waals surface area contributed by atoms with Gasteiger partial charge in [-0.05, 0) is 39.2 Å². The average molecular weight is 700 g/mol. The van der Waals surface area contributed by atoms with Crippen molar-refractivity contribution in [1.29, 1.82) is 0 Å². The number of esters is 1. The van der Waals surface area contributed by atoms with Gasteiger partial charge in [-0.25, -0.2) is 0 Å². The minimum absolute atomic E-state index is 0.0142. The van der Waals surface area contributed by atoms with E-state index in [9.17, 15) is 43.2 Å². The molecule has 1 aromatic rings. The van der Waals surface area contributed by atoms with Crippen LogP contribution in [0.5, 0.6) is 0 Å². The molecule has 0 spiro atoms. The summed E-state index contributed by atoms with van der Waals surface area (Å²) < 4.78 is 5.27. The van der Waals surface area contributed by atoms with Crippen LogP contribution < -0.4 is 32.3 Å². The summed E-state index contributed by atoms with van der Waals surface area (Å²) in [5.74, 6) is -5.89. The van der Waals surface area contributed by atoms with Gasteiger partial charge in [0.05, 0.1) is 26.1 Å². The average Bonchev–Trinajstić information content (AvgIpc) is 3.36. The highest BCUT2D eigenvalue weighted by Gasteiger charge is 2.28. The SMILES string of the molecule is CC(C)(C)OC(=O)C[C@@H](NC(=O)CCCCCN1C(=O)C=CC1=O)C(=O)NCC(=O)NCC(=O)N[C@@H](Cc1ccccc1)C(=O)NCC(N)=O. The van der Waals surface area contributed by atoms with Crippen molar-refractivity contribution in [3.63, 3.8) is 0 Å². The zero-order valence-electron chi connectivity index (χ0n) is 28.4. The topological polar surface area (TPSA) is 252 Å². The molecule has 1 heterocycles. The van der Waals surface area contributed by atoms with E-state index in [4.69, 9.17) is 10.5 Å². The summed E-state index contributed by atoms with van der Waals surface area (Å²) >= 11 is 0. The van der Waals surface area contributed by atoms with Gasteiger partial charge in [0.15, 0.2) is 0 Å². The van der Waals surface area contributed by atoms with Gasteiger partial charge in [-0.3, -0.25) is 48.1 Å². The number of carbonyl (C=O) groups is 9. The molecule has 0 aliphatic carbocycles. The van der Waals surface area contributed by atoms with Crippen LogP contribution in [-0.2, 0) is 54.3 Å². The number of unbranched alkanes of at least 4 members (excludes halogenated alkanes) is 2. The van der Waals surface area contributed by atoms with E-state index in [-0.39, 0.29) is 19.4 Å². The summed E-state index contributed by atoms with van der Waals surface area (Å²) in [6.45, 7) is 3.51. The number of nitrogens with one attached hydrogen (secondary N) is 5. The maximum absolute atomic E-state index is 13.0. The molecule has 0 aromatic heterocycles. The summed E-state index contributed by atoms with van der Waals surface area (Å²) in [7, 11) is 0. The summed E-state index contributed by atoms with van der Waals surface area (Å²) in [5.41, 5.74) is 4.95. The van der Waals surface area contributed by atoms with Gasteiger partial charge in [-0.2, -0.15) is 0 Å². The fraction of sp³-hybridized carbons (Fsp3) is 0.485. The van der Waals surface area contributed by atoms with Gasteiger partial charge in [-0.15, -0.1) is 0 Å². The normalized spacial score (nSPS) is 13.5. The smallest absolute Gasteiger partial charge is 0.308 e. The summed E-state index contributed by atoms with van der Waals surface area (Å²) in [6, 6.07) is 6.29. The van der Waals surface area contributed by atoms with Gasteiger partial charge in [-0.1, -0.05) is 36.8 Å². The molecule has 2 atom stereocenters. The first-order chi connectivity index (χ1) is 23.5. The Bertz CT molecular complexity index is 1440. The lowest BCUT2D eigenvalue weighted by Crippen LogP contribution is -2.53. The number of ether oxygens (including phenoxy) is 1. The van der Waals surface area contributed by atoms with Crippen molar-refractivity contribution >= 4 is 53.2 Å². The third-order valence-electron chi connectivity index (χ3n) is 6.87. The number of rotatable bonds is 20. The van der Waals surface area contributed by atoms with Crippen molar-refractivity contribution in [2.75, 3.05) is 26.2 Å². The molecule has 7 N–H and O–H groups in total. The Morgan fingerprint density at radius 3 is 1.94 bits per heavy atom. The second kappa shape index (κ2) is 20.0. The van der Waals surface area contributed by atoms with Crippen LogP contribution >= 0.6 is 0 Å². The first-order valence-electron chi connectivity index (χ1n) is 16.0. The van der Waals surface area contributed by atoms with Gasteiger partial charge >= 0.3 is 5.97 Å². The van der Waals surface area contributed by atoms with E-state index < -0.39 is 97.0 Å². The molecule has 0 unspecified atom stereocenters. The van der Waals surface area contributed by atoms with Crippen LogP contribution in [-0.4, -0.2) is 102 Å². The molecule has 272 valence electrons. The predicted octanol–water partition coefficient (Wildman–Crippen LogP) is -1.75. The molecule has 1 aromatic carbocycles. The molecular formula is C33H45N7O10. The second-order valence-electron chi connectivity index (χ2n) is 12.4. The van der Waals surface area contributed by atoms with Crippen molar-refractivity contribution in [3.05, 3.63) is 48.0 Å². The maximum Gasteiger partial charge on any atom is 0.308 e. The van der Waals surface area contributed by atoms with E-state index in [1.54, 1.807) is 51.1 Å². The van der Waals surface area contributed by atoms with Crippen molar-refractivity contribution in [1.82, 2.24) is 31.5 Å². The third kappa shape index (κ3) is 16.0. The number of benzene rings is 1. The van der Waals surface area contributed by atoms with Crippen LogP contribution in [0, 0.1) is 0 Å². The molecule has 0 fully saturated rings. The predicted molar refractivity (Wildman–Crippen MR) is 177 cm³/mol. The zero-order valence-corrected chi connectivity index (χ0v) is 28.4. The van der Waals surface area contributed by atoms with E-state index >= 15 is 0 Å². The summed E-state index contributed by atoms with van der Waals surface area (Å²) in [4.78, 5) is 111. The molecule has 0 radical (unpaired) electrons. The molecule has 17 nitrogen and oxygen atoms in total. The molecule has 8 amide bonds. The highest BCUT2D eigenvalue weighted by Crippen LogP contribution is 2.11. The van der Waals surface area contributed by atoms with Crippen molar-refractivity contribution < 1.29 is 47.9 Å². The Morgan fingerprint density at radius 2 is 1.32 bits per heavy atom. The maximum atomic E-state index is 13.0. The second-order valence-corrected chi connectivity index (χ2v) is 12.4. The van der Waals surface area contributed by atoms with E-state index in [0.29, 0.717) is 19.3 Å². The van der Waals surface area contributed by atoms with Gasteiger partial charge in [0, 0.05) is 31.5 Å². The number of nitrogens with zero attached hydrogens (tertiary/aromatic N) is 1. The number of primary amides is 1.